The first-order valence-corrected chi connectivity index (χ1v) is 8.15. The second-order valence-electron chi connectivity index (χ2n) is 6.51. The Balaban J connectivity index is 2.06. The van der Waals surface area contributed by atoms with Crippen molar-refractivity contribution in [1.29, 1.82) is 0 Å². The minimum absolute atomic E-state index is 0.353. The molecule has 0 unspecified atom stereocenters. The SMILES string of the molecule is COc1ccc(CNC(C)C)c(OC2CCC(C)CC2)c1. The van der Waals surface area contributed by atoms with E-state index in [9.17, 15) is 0 Å². The van der Waals surface area contributed by atoms with Crippen molar-refractivity contribution in [3.8, 4) is 11.5 Å². The van der Waals surface area contributed by atoms with Crippen LogP contribution in [0.1, 0.15) is 52.0 Å². The average Bonchev–Trinajstić information content (AvgIpc) is 2.48. The van der Waals surface area contributed by atoms with Crippen LogP contribution < -0.4 is 14.8 Å². The summed E-state index contributed by atoms with van der Waals surface area (Å²) >= 11 is 0. The Kier molecular flexibility index (Phi) is 5.92. The molecule has 118 valence electrons. The van der Waals surface area contributed by atoms with Crippen molar-refractivity contribution in [2.45, 2.75) is 65.1 Å². The average molecular weight is 291 g/mol. The van der Waals surface area contributed by atoms with E-state index in [1.807, 2.05) is 12.1 Å². The first-order chi connectivity index (χ1) is 10.1. The number of hydrogen-bond acceptors (Lipinski definition) is 3. The van der Waals surface area contributed by atoms with Crippen LogP contribution in [0.15, 0.2) is 18.2 Å². The van der Waals surface area contributed by atoms with Crippen LogP contribution in [0.2, 0.25) is 0 Å². The maximum atomic E-state index is 6.29. The van der Waals surface area contributed by atoms with Crippen LogP contribution in [0, 0.1) is 5.92 Å². The molecule has 1 saturated carbocycles. The highest BCUT2D eigenvalue weighted by atomic mass is 16.5. The zero-order valence-electron chi connectivity index (χ0n) is 13.8. The lowest BCUT2D eigenvalue weighted by Gasteiger charge is -2.28. The number of nitrogens with one attached hydrogen (secondary N) is 1. The Hall–Kier alpha value is -1.22. The standard InChI is InChI=1S/C18H29NO2/c1-13(2)19-12-15-7-10-17(20-4)11-18(15)21-16-8-5-14(3)6-9-16/h7,10-11,13-14,16,19H,5-6,8-9,12H2,1-4H3. The summed E-state index contributed by atoms with van der Waals surface area (Å²) in [5.74, 6) is 2.68. The maximum absolute atomic E-state index is 6.29. The molecular formula is C18H29NO2. The molecule has 0 atom stereocenters. The summed E-state index contributed by atoms with van der Waals surface area (Å²) in [7, 11) is 1.70. The fourth-order valence-electron chi connectivity index (χ4n) is 2.76. The second-order valence-corrected chi connectivity index (χ2v) is 6.51. The van der Waals surface area contributed by atoms with Gasteiger partial charge in [0.25, 0.3) is 0 Å². The van der Waals surface area contributed by atoms with Crippen LogP contribution in [0.4, 0.5) is 0 Å². The van der Waals surface area contributed by atoms with Gasteiger partial charge in [0.1, 0.15) is 11.5 Å². The molecule has 1 aliphatic carbocycles. The summed E-state index contributed by atoms with van der Waals surface area (Å²) < 4.78 is 11.6. The summed E-state index contributed by atoms with van der Waals surface area (Å²) in [6.07, 6.45) is 5.22. The predicted molar refractivity (Wildman–Crippen MR) is 87.0 cm³/mol. The third kappa shape index (κ3) is 4.92. The zero-order valence-corrected chi connectivity index (χ0v) is 13.8. The smallest absolute Gasteiger partial charge is 0.127 e. The summed E-state index contributed by atoms with van der Waals surface area (Å²) in [5, 5.41) is 3.46. The molecule has 1 aromatic rings. The number of hydrogen-bond donors (Lipinski definition) is 1. The summed E-state index contributed by atoms with van der Waals surface area (Å²) in [6, 6.07) is 6.60. The van der Waals surface area contributed by atoms with Gasteiger partial charge in [0.2, 0.25) is 0 Å². The van der Waals surface area contributed by atoms with Crippen LogP contribution in [0.25, 0.3) is 0 Å². The van der Waals surface area contributed by atoms with E-state index in [-0.39, 0.29) is 0 Å². The Labute approximate surface area is 129 Å². The van der Waals surface area contributed by atoms with Gasteiger partial charge >= 0.3 is 0 Å². The molecule has 3 heteroatoms. The lowest BCUT2D eigenvalue weighted by atomic mass is 9.89. The van der Waals surface area contributed by atoms with Crippen molar-refractivity contribution in [1.82, 2.24) is 5.32 Å². The van der Waals surface area contributed by atoms with Crippen molar-refractivity contribution in [2.24, 2.45) is 5.92 Å². The van der Waals surface area contributed by atoms with Crippen LogP contribution in [0.5, 0.6) is 11.5 Å². The third-order valence-electron chi connectivity index (χ3n) is 4.23. The fraction of sp³-hybridized carbons (Fsp3) is 0.667. The lowest BCUT2D eigenvalue weighted by molar-refractivity contribution is 0.134. The van der Waals surface area contributed by atoms with Crippen LogP contribution >= 0.6 is 0 Å². The summed E-state index contributed by atoms with van der Waals surface area (Å²) in [5.41, 5.74) is 1.21. The van der Waals surface area contributed by atoms with Crippen LogP contribution in [-0.2, 0) is 6.54 Å². The fourth-order valence-corrected chi connectivity index (χ4v) is 2.76. The predicted octanol–water partition coefficient (Wildman–Crippen LogP) is 4.15. The molecule has 1 aliphatic rings. The van der Waals surface area contributed by atoms with Crippen molar-refractivity contribution in [3.05, 3.63) is 23.8 Å². The molecule has 0 radical (unpaired) electrons. The Bertz CT molecular complexity index is 437. The molecule has 0 aliphatic heterocycles. The lowest BCUT2D eigenvalue weighted by Crippen LogP contribution is -2.25. The van der Waals surface area contributed by atoms with E-state index >= 15 is 0 Å². The van der Waals surface area contributed by atoms with Gasteiger partial charge < -0.3 is 14.8 Å². The van der Waals surface area contributed by atoms with Gasteiger partial charge in [-0.05, 0) is 37.7 Å². The van der Waals surface area contributed by atoms with E-state index in [1.165, 1.54) is 18.4 Å². The normalized spacial score (nSPS) is 22.3. The highest BCUT2D eigenvalue weighted by Crippen LogP contribution is 2.31. The van der Waals surface area contributed by atoms with Crippen LogP contribution in [-0.4, -0.2) is 19.3 Å². The maximum Gasteiger partial charge on any atom is 0.127 e. The molecule has 0 saturated heterocycles. The van der Waals surface area contributed by atoms with Gasteiger partial charge in [-0.15, -0.1) is 0 Å². The number of ether oxygens (including phenoxy) is 2. The Morgan fingerprint density at radius 2 is 1.90 bits per heavy atom. The van der Waals surface area contributed by atoms with Crippen molar-refractivity contribution in [3.63, 3.8) is 0 Å². The molecule has 21 heavy (non-hydrogen) atoms. The minimum Gasteiger partial charge on any atom is -0.497 e. The first kappa shape index (κ1) is 16.2. The molecule has 1 fully saturated rings. The van der Waals surface area contributed by atoms with Gasteiger partial charge in [-0.25, -0.2) is 0 Å². The van der Waals surface area contributed by atoms with E-state index in [2.05, 4.69) is 32.2 Å². The second kappa shape index (κ2) is 7.69. The minimum atomic E-state index is 0.353. The largest absolute Gasteiger partial charge is 0.497 e. The molecular weight excluding hydrogens is 262 g/mol. The van der Waals surface area contributed by atoms with E-state index in [0.29, 0.717) is 12.1 Å². The zero-order chi connectivity index (χ0) is 15.2. The molecule has 0 aromatic heterocycles. The van der Waals surface area contributed by atoms with E-state index < -0.39 is 0 Å². The first-order valence-electron chi connectivity index (χ1n) is 8.15. The van der Waals surface area contributed by atoms with Gasteiger partial charge in [0, 0.05) is 24.2 Å². The van der Waals surface area contributed by atoms with Crippen molar-refractivity contribution < 1.29 is 9.47 Å². The number of rotatable bonds is 6. The van der Waals surface area contributed by atoms with Gasteiger partial charge in [0.05, 0.1) is 13.2 Å². The number of methoxy groups -OCH3 is 1. The van der Waals surface area contributed by atoms with E-state index in [1.54, 1.807) is 7.11 Å². The topological polar surface area (TPSA) is 30.5 Å². The summed E-state index contributed by atoms with van der Waals surface area (Å²) in [6.45, 7) is 7.49. The van der Waals surface area contributed by atoms with E-state index in [0.717, 1.165) is 36.8 Å². The molecule has 0 heterocycles. The van der Waals surface area contributed by atoms with Gasteiger partial charge in [-0.1, -0.05) is 26.8 Å². The molecule has 0 amide bonds. The van der Waals surface area contributed by atoms with Crippen molar-refractivity contribution in [2.75, 3.05) is 7.11 Å². The highest BCUT2D eigenvalue weighted by Gasteiger charge is 2.20. The molecule has 0 spiro atoms. The van der Waals surface area contributed by atoms with Gasteiger partial charge in [-0.3, -0.25) is 0 Å². The molecule has 1 N–H and O–H groups in total. The molecule has 1 aromatic carbocycles. The Morgan fingerprint density at radius 3 is 2.52 bits per heavy atom. The highest BCUT2D eigenvalue weighted by molar-refractivity contribution is 5.41. The third-order valence-corrected chi connectivity index (χ3v) is 4.23. The van der Waals surface area contributed by atoms with Crippen molar-refractivity contribution >= 4 is 0 Å². The van der Waals surface area contributed by atoms with Gasteiger partial charge in [0.15, 0.2) is 0 Å². The molecule has 3 nitrogen and oxygen atoms in total. The molecule has 2 rings (SSSR count). The van der Waals surface area contributed by atoms with Crippen LogP contribution in [0.3, 0.4) is 0 Å². The summed E-state index contributed by atoms with van der Waals surface area (Å²) in [4.78, 5) is 0. The van der Waals surface area contributed by atoms with E-state index in [4.69, 9.17) is 9.47 Å². The quantitative estimate of drug-likeness (QED) is 0.854. The molecule has 0 bridgehead atoms. The monoisotopic (exact) mass is 291 g/mol. The Morgan fingerprint density at radius 1 is 1.19 bits per heavy atom. The van der Waals surface area contributed by atoms with Gasteiger partial charge in [-0.2, -0.15) is 0 Å². The number of benzene rings is 1.